The molecule has 1 heterocycles. The number of rotatable bonds is 0. The van der Waals surface area contributed by atoms with Crippen molar-refractivity contribution in [2.45, 2.75) is 70.4 Å². The first-order valence-electron chi connectivity index (χ1n) is 6.89. The molecule has 0 aromatic heterocycles. The van der Waals surface area contributed by atoms with E-state index >= 15 is 0 Å². The van der Waals surface area contributed by atoms with Gasteiger partial charge in [0.15, 0.2) is 0 Å². The summed E-state index contributed by atoms with van der Waals surface area (Å²) in [5.41, 5.74) is -0.632. The van der Waals surface area contributed by atoms with E-state index in [0.29, 0.717) is 6.42 Å². The molecule has 0 unspecified atom stereocenters. The molecule has 0 bridgehead atoms. The van der Waals surface area contributed by atoms with Crippen LogP contribution in [0.4, 0.5) is 4.79 Å². The van der Waals surface area contributed by atoms with Gasteiger partial charge in [0, 0.05) is 12.6 Å². The largest absolute Gasteiger partial charge is 0.327 e. The summed E-state index contributed by atoms with van der Waals surface area (Å²) in [6.45, 7) is 5.74. The van der Waals surface area contributed by atoms with Crippen LogP contribution in [0.5, 0.6) is 0 Å². The molecule has 0 aromatic rings. The van der Waals surface area contributed by atoms with Crippen molar-refractivity contribution in [2.24, 2.45) is 0 Å². The SMILES string of the molecule is CN1C(=O)N(C(C)(C)C)C(=O)CC12CCCCC2. The fourth-order valence-electron chi connectivity index (χ4n) is 3.32. The van der Waals surface area contributed by atoms with Crippen LogP contribution in [0.2, 0.25) is 0 Å². The normalized spacial score (nSPS) is 24.9. The minimum Gasteiger partial charge on any atom is -0.321 e. The molecule has 2 rings (SSSR count). The highest BCUT2D eigenvalue weighted by Crippen LogP contribution is 2.40. The van der Waals surface area contributed by atoms with Crippen molar-refractivity contribution in [3.8, 4) is 0 Å². The Labute approximate surface area is 109 Å². The van der Waals surface area contributed by atoms with Gasteiger partial charge in [-0.2, -0.15) is 0 Å². The Balaban J connectivity index is 2.28. The summed E-state index contributed by atoms with van der Waals surface area (Å²) in [6, 6.07) is -0.124. The van der Waals surface area contributed by atoms with Gasteiger partial charge >= 0.3 is 6.03 Å². The molecule has 102 valence electrons. The van der Waals surface area contributed by atoms with Crippen LogP contribution in [-0.4, -0.2) is 39.9 Å². The topological polar surface area (TPSA) is 40.6 Å². The second-order valence-electron chi connectivity index (χ2n) is 6.70. The zero-order chi connectivity index (χ0) is 13.6. The van der Waals surface area contributed by atoms with E-state index in [1.807, 2.05) is 32.7 Å². The van der Waals surface area contributed by atoms with Crippen LogP contribution < -0.4 is 0 Å². The lowest BCUT2D eigenvalue weighted by atomic mass is 9.76. The Morgan fingerprint density at radius 2 is 1.61 bits per heavy atom. The Morgan fingerprint density at radius 1 is 1.06 bits per heavy atom. The van der Waals surface area contributed by atoms with Gasteiger partial charge in [0.1, 0.15) is 0 Å². The smallest absolute Gasteiger partial charge is 0.321 e. The molecule has 1 saturated carbocycles. The van der Waals surface area contributed by atoms with E-state index in [1.54, 1.807) is 0 Å². The molecular weight excluding hydrogens is 228 g/mol. The first kappa shape index (κ1) is 13.4. The summed E-state index contributed by atoms with van der Waals surface area (Å²) in [7, 11) is 1.86. The summed E-state index contributed by atoms with van der Waals surface area (Å²) < 4.78 is 0. The monoisotopic (exact) mass is 252 g/mol. The van der Waals surface area contributed by atoms with E-state index in [2.05, 4.69) is 0 Å². The molecule has 4 nitrogen and oxygen atoms in total. The lowest BCUT2D eigenvalue weighted by molar-refractivity contribution is -0.141. The van der Waals surface area contributed by atoms with E-state index in [0.717, 1.165) is 25.7 Å². The van der Waals surface area contributed by atoms with E-state index in [9.17, 15) is 9.59 Å². The standard InChI is InChI=1S/C14H24N2O2/c1-13(2,3)16-11(17)10-14(15(4)12(16)18)8-6-5-7-9-14/h5-10H2,1-4H3. The quantitative estimate of drug-likeness (QED) is 0.665. The van der Waals surface area contributed by atoms with Gasteiger partial charge in [-0.05, 0) is 33.6 Å². The number of hydrogen-bond acceptors (Lipinski definition) is 2. The highest BCUT2D eigenvalue weighted by molar-refractivity contribution is 5.98. The van der Waals surface area contributed by atoms with Crippen LogP contribution in [-0.2, 0) is 4.79 Å². The van der Waals surface area contributed by atoms with Gasteiger partial charge in [-0.15, -0.1) is 0 Å². The zero-order valence-electron chi connectivity index (χ0n) is 12.0. The van der Waals surface area contributed by atoms with Gasteiger partial charge in [-0.25, -0.2) is 4.79 Å². The predicted octanol–water partition coefficient (Wildman–Crippen LogP) is 2.77. The third-order valence-corrected chi connectivity index (χ3v) is 4.37. The van der Waals surface area contributed by atoms with E-state index in [4.69, 9.17) is 0 Å². The van der Waals surface area contributed by atoms with Gasteiger partial charge in [-0.1, -0.05) is 19.3 Å². The minimum absolute atomic E-state index is 0.00694. The Morgan fingerprint density at radius 3 is 2.11 bits per heavy atom. The van der Waals surface area contributed by atoms with Crippen molar-refractivity contribution < 1.29 is 9.59 Å². The van der Waals surface area contributed by atoms with Gasteiger partial charge in [0.05, 0.1) is 12.0 Å². The average Bonchev–Trinajstić information content (AvgIpc) is 2.25. The maximum atomic E-state index is 12.5. The lowest BCUT2D eigenvalue weighted by Gasteiger charge is -2.52. The van der Waals surface area contributed by atoms with Gasteiger partial charge in [0.2, 0.25) is 5.91 Å². The first-order valence-corrected chi connectivity index (χ1v) is 6.89. The Kier molecular flexibility index (Phi) is 3.16. The minimum atomic E-state index is -0.432. The van der Waals surface area contributed by atoms with Crippen molar-refractivity contribution in [1.29, 1.82) is 0 Å². The molecule has 2 aliphatic rings. The number of hydrogen-bond donors (Lipinski definition) is 0. The fourth-order valence-corrected chi connectivity index (χ4v) is 3.32. The number of carbonyl (C=O) groups is 2. The van der Waals surface area contributed by atoms with Crippen molar-refractivity contribution >= 4 is 11.9 Å². The van der Waals surface area contributed by atoms with Crippen molar-refractivity contribution in [2.75, 3.05) is 7.05 Å². The van der Waals surface area contributed by atoms with E-state index < -0.39 is 5.54 Å². The van der Waals surface area contributed by atoms with Crippen LogP contribution in [0.1, 0.15) is 59.3 Å². The molecule has 3 amide bonds. The Hall–Kier alpha value is -1.06. The van der Waals surface area contributed by atoms with Crippen LogP contribution >= 0.6 is 0 Å². The van der Waals surface area contributed by atoms with Gasteiger partial charge in [-0.3, -0.25) is 9.69 Å². The van der Waals surface area contributed by atoms with E-state index in [-0.39, 0.29) is 17.5 Å². The second-order valence-corrected chi connectivity index (χ2v) is 6.70. The van der Waals surface area contributed by atoms with Crippen molar-refractivity contribution in [3.63, 3.8) is 0 Å². The van der Waals surface area contributed by atoms with Crippen LogP contribution in [0.3, 0.4) is 0 Å². The molecular formula is C14H24N2O2. The zero-order valence-corrected chi connectivity index (χ0v) is 12.0. The third-order valence-electron chi connectivity index (χ3n) is 4.37. The number of nitrogens with zero attached hydrogens (tertiary/aromatic N) is 2. The van der Waals surface area contributed by atoms with Crippen LogP contribution in [0.15, 0.2) is 0 Å². The number of amides is 3. The molecule has 2 fully saturated rings. The van der Waals surface area contributed by atoms with Crippen molar-refractivity contribution in [3.05, 3.63) is 0 Å². The maximum absolute atomic E-state index is 12.5. The molecule has 1 aliphatic heterocycles. The molecule has 1 spiro atoms. The van der Waals surface area contributed by atoms with Crippen molar-refractivity contribution in [1.82, 2.24) is 9.80 Å². The van der Waals surface area contributed by atoms with Gasteiger partial charge in [0.25, 0.3) is 0 Å². The maximum Gasteiger partial charge on any atom is 0.327 e. The molecule has 0 aromatic carbocycles. The summed E-state index contributed by atoms with van der Waals surface area (Å²) >= 11 is 0. The average molecular weight is 252 g/mol. The first-order chi connectivity index (χ1) is 8.28. The van der Waals surface area contributed by atoms with Crippen LogP contribution in [0, 0.1) is 0 Å². The summed E-state index contributed by atoms with van der Waals surface area (Å²) in [5.74, 6) is -0.00694. The fraction of sp³-hybridized carbons (Fsp3) is 0.857. The lowest BCUT2D eigenvalue weighted by Crippen LogP contribution is -2.66. The third kappa shape index (κ3) is 2.02. The molecule has 0 atom stereocenters. The highest BCUT2D eigenvalue weighted by atomic mass is 16.2. The number of carbonyl (C=O) groups excluding carboxylic acids is 2. The number of imide groups is 1. The molecule has 4 heteroatoms. The predicted molar refractivity (Wildman–Crippen MR) is 70.2 cm³/mol. The van der Waals surface area contributed by atoms with E-state index in [1.165, 1.54) is 11.3 Å². The van der Waals surface area contributed by atoms with Gasteiger partial charge < -0.3 is 4.90 Å². The highest BCUT2D eigenvalue weighted by Gasteiger charge is 2.50. The summed E-state index contributed by atoms with van der Waals surface area (Å²) in [5, 5.41) is 0. The molecule has 1 aliphatic carbocycles. The molecule has 1 saturated heterocycles. The van der Waals surface area contributed by atoms with Crippen LogP contribution in [0.25, 0.3) is 0 Å². The molecule has 0 N–H and O–H groups in total. The second kappa shape index (κ2) is 4.25. The molecule has 0 radical (unpaired) electrons. The molecule has 18 heavy (non-hydrogen) atoms. The Bertz CT molecular complexity index is 364. The summed E-state index contributed by atoms with van der Waals surface area (Å²) in [4.78, 5) is 28.1. The summed E-state index contributed by atoms with van der Waals surface area (Å²) in [6.07, 6.45) is 5.91. The number of urea groups is 1.